The molecule has 0 atom stereocenters. The zero-order valence-corrected chi connectivity index (χ0v) is 18.5. The minimum absolute atomic E-state index is 0.127. The summed E-state index contributed by atoms with van der Waals surface area (Å²) in [7, 11) is 0. The number of hydrogen-bond donors (Lipinski definition) is 3. The third kappa shape index (κ3) is 4.16. The lowest BCUT2D eigenvalue weighted by molar-refractivity contribution is 0.0953. The van der Waals surface area contributed by atoms with Gasteiger partial charge >= 0.3 is 0 Å². The van der Waals surface area contributed by atoms with Crippen molar-refractivity contribution in [3.05, 3.63) is 53.3 Å². The normalized spacial score (nSPS) is 21.7. The predicted octanol–water partition coefficient (Wildman–Crippen LogP) is 2.87. The highest BCUT2D eigenvalue weighted by atomic mass is 32.2. The van der Waals surface area contributed by atoms with E-state index in [4.69, 9.17) is 5.84 Å². The molecule has 4 N–H and O–H groups in total. The Bertz CT molecular complexity index is 920. The number of nitrogens with two attached hydrogens (primary N) is 1. The number of nitrogens with zero attached hydrogens (tertiary/aromatic N) is 3. The number of amides is 1. The Balaban J connectivity index is 1.29. The molecule has 2 aromatic rings. The molecule has 0 spiro atoms. The Kier molecular flexibility index (Phi) is 5.86. The van der Waals surface area contributed by atoms with Gasteiger partial charge < -0.3 is 5.32 Å². The fourth-order valence-corrected chi connectivity index (χ4v) is 5.81. The molecule has 0 radical (unpaired) electrons. The smallest absolute Gasteiger partial charge is 0.268 e. The molecule has 5 rings (SSSR count). The number of rotatable bonds is 6. The Labute approximate surface area is 187 Å². The summed E-state index contributed by atoms with van der Waals surface area (Å²) < 4.78 is 0. The quantitative estimate of drug-likeness (QED) is 0.363. The van der Waals surface area contributed by atoms with Gasteiger partial charge in [-0.05, 0) is 62.2 Å². The predicted molar refractivity (Wildman–Crippen MR) is 124 cm³/mol. The third-order valence-corrected chi connectivity index (χ3v) is 8.42. The zero-order valence-electron chi connectivity index (χ0n) is 17.7. The summed E-state index contributed by atoms with van der Waals surface area (Å²) in [4.78, 5) is 23.0. The van der Waals surface area contributed by atoms with Crippen molar-refractivity contribution in [2.75, 3.05) is 29.9 Å². The average molecular weight is 439 g/mol. The van der Waals surface area contributed by atoms with Crippen LogP contribution in [-0.4, -0.2) is 51.4 Å². The lowest BCUT2D eigenvalue weighted by Gasteiger charge is -2.44. The fourth-order valence-electron chi connectivity index (χ4n) is 4.95. The van der Waals surface area contributed by atoms with E-state index >= 15 is 0 Å². The van der Waals surface area contributed by atoms with Gasteiger partial charge in [-0.1, -0.05) is 24.3 Å². The van der Waals surface area contributed by atoms with Crippen molar-refractivity contribution < 1.29 is 4.79 Å². The van der Waals surface area contributed by atoms with Crippen LogP contribution in [0.25, 0.3) is 0 Å². The first-order chi connectivity index (χ1) is 15.2. The first-order valence-electron chi connectivity index (χ1n) is 11.2. The van der Waals surface area contributed by atoms with Gasteiger partial charge in [0.05, 0.1) is 11.1 Å². The number of likely N-dealkylation sites (tertiary alicyclic amines) is 1. The van der Waals surface area contributed by atoms with E-state index in [9.17, 15) is 4.79 Å². The van der Waals surface area contributed by atoms with Crippen molar-refractivity contribution >= 4 is 23.6 Å². The van der Waals surface area contributed by atoms with Gasteiger partial charge in [-0.15, -0.1) is 0 Å². The Hall–Kier alpha value is -2.16. The Morgan fingerprint density at radius 2 is 1.90 bits per heavy atom. The molecule has 8 heteroatoms. The molecule has 1 aromatic heterocycles. The van der Waals surface area contributed by atoms with E-state index in [1.165, 1.54) is 67.4 Å². The summed E-state index contributed by atoms with van der Waals surface area (Å²) in [6.07, 6.45) is 8.81. The summed E-state index contributed by atoms with van der Waals surface area (Å²) in [6.45, 7) is 2.44. The molecular formula is C23H30N6OS. The number of nitrogen functional groups attached to an aromatic ring is 1. The van der Waals surface area contributed by atoms with E-state index in [1.54, 1.807) is 0 Å². The van der Waals surface area contributed by atoms with Crippen molar-refractivity contribution in [2.24, 2.45) is 5.84 Å². The summed E-state index contributed by atoms with van der Waals surface area (Å²) in [6, 6.07) is 9.96. The molecule has 1 aromatic carbocycles. The minimum Gasteiger partial charge on any atom is -0.345 e. The third-order valence-electron chi connectivity index (χ3n) is 7.18. The second kappa shape index (κ2) is 8.76. The highest BCUT2D eigenvalue weighted by Gasteiger charge is 2.40. The number of thioether (sulfide) groups is 1. The largest absolute Gasteiger partial charge is 0.345 e. The number of carbonyl (C=O) groups is 1. The topological polar surface area (TPSA) is 96.2 Å². The standard InChI is InChI=1S/C23H30N6OS/c24-28-21(30)18-12-25-22(26-13-18)27-23(7-2-8-23)19-4-1-3-17(11-19)16-5-9-29(10-6-16)20-14-31-15-20/h1,3-4,11-13,16,20H,2,5-10,14-15,24H2,(H,28,30)(H,25,26,27). The summed E-state index contributed by atoms with van der Waals surface area (Å²) in [5, 5.41) is 3.56. The van der Waals surface area contributed by atoms with Gasteiger partial charge in [-0.25, -0.2) is 15.8 Å². The second-order valence-corrected chi connectivity index (χ2v) is 10.0. The van der Waals surface area contributed by atoms with Crippen molar-refractivity contribution in [2.45, 2.75) is 49.6 Å². The maximum atomic E-state index is 11.6. The SMILES string of the molecule is NNC(=O)c1cnc(NC2(c3cccc(C4CCN(C5CSC5)CC4)c3)CCC2)nc1. The monoisotopic (exact) mass is 438 g/mol. The number of anilines is 1. The molecule has 3 aliphatic rings. The van der Waals surface area contributed by atoms with Gasteiger partial charge in [0.1, 0.15) is 0 Å². The number of benzene rings is 1. The van der Waals surface area contributed by atoms with Gasteiger partial charge in [0.2, 0.25) is 5.95 Å². The summed E-state index contributed by atoms with van der Waals surface area (Å²) >= 11 is 2.07. The summed E-state index contributed by atoms with van der Waals surface area (Å²) in [5.74, 6) is 8.61. The Morgan fingerprint density at radius 1 is 1.16 bits per heavy atom. The molecule has 1 amide bonds. The van der Waals surface area contributed by atoms with E-state index < -0.39 is 0 Å². The van der Waals surface area contributed by atoms with Crippen molar-refractivity contribution in [1.82, 2.24) is 20.3 Å². The lowest BCUT2D eigenvalue weighted by atomic mass is 9.71. The van der Waals surface area contributed by atoms with Crippen LogP contribution in [0.5, 0.6) is 0 Å². The second-order valence-electron chi connectivity index (χ2n) is 8.96. The van der Waals surface area contributed by atoms with Gasteiger partial charge in [-0.2, -0.15) is 11.8 Å². The van der Waals surface area contributed by atoms with E-state index in [0.717, 1.165) is 18.9 Å². The number of carbonyl (C=O) groups excluding carboxylic acids is 1. The molecule has 7 nitrogen and oxygen atoms in total. The highest BCUT2D eigenvalue weighted by Crippen LogP contribution is 2.44. The van der Waals surface area contributed by atoms with Crippen molar-refractivity contribution in [3.8, 4) is 0 Å². The molecule has 0 bridgehead atoms. The van der Waals surface area contributed by atoms with Crippen LogP contribution in [0.2, 0.25) is 0 Å². The van der Waals surface area contributed by atoms with Gasteiger partial charge in [-0.3, -0.25) is 15.1 Å². The first-order valence-corrected chi connectivity index (χ1v) is 12.4. The molecule has 1 aliphatic carbocycles. The average Bonchev–Trinajstić information content (AvgIpc) is 2.75. The summed E-state index contributed by atoms with van der Waals surface area (Å²) in [5.41, 5.74) is 5.11. The van der Waals surface area contributed by atoms with Gasteiger partial charge in [0.25, 0.3) is 5.91 Å². The number of piperidine rings is 1. The van der Waals surface area contributed by atoms with Crippen LogP contribution in [0.4, 0.5) is 5.95 Å². The zero-order chi connectivity index (χ0) is 21.3. The maximum Gasteiger partial charge on any atom is 0.268 e. The molecule has 1 saturated carbocycles. The maximum absolute atomic E-state index is 11.6. The van der Waals surface area contributed by atoms with Crippen LogP contribution in [0.3, 0.4) is 0 Å². The number of nitrogens with one attached hydrogen (secondary N) is 2. The molecule has 3 heterocycles. The Morgan fingerprint density at radius 3 is 2.48 bits per heavy atom. The van der Waals surface area contributed by atoms with Crippen LogP contribution in [0.15, 0.2) is 36.7 Å². The van der Waals surface area contributed by atoms with Crippen LogP contribution < -0.4 is 16.6 Å². The van der Waals surface area contributed by atoms with Gasteiger partial charge in [0, 0.05) is 29.9 Å². The molecule has 3 fully saturated rings. The molecule has 2 aliphatic heterocycles. The number of aromatic nitrogens is 2. The fraction of sp³-hybridized carbons (Fsp3) is 0.522. The van der Waals surface area contributed by atoms with E-state index in [2.05, 4.69) is 61.6 Å². The molecule has 164 valence electrons. The van der Waals surface area contributed by atoms with Gasteiger partial charge in [0.15, 0.2) is 0 Å². The van der Waals surface area contributed by atoms with Crippen LogP contribution >= 0.6 is 11.8 Å². The number of hydrogen-bond acceptors (Lipinski definition) is 7. The number of hydrazine groups is 1. The van der Waals surface area contributed by atoms with Crippen molar-refractivity contribution in [3.63, 3.8) is 0 Å². The van der Waals surface area contributed by atoms with Crippen LogP contribution in [0.1, 0.15) is 59.5 Å². The van der Waals surface area contributed by atoms with E-state index in [-0.39, 0.29) is 11.4 Å². The lowest BCUT2D eigenvalue weighted by Crippen LogP contribution is -2.47. The van der Waals surface area contributed by atoms with Crippen LogP contribution in [0, 0.1) is 0 Å². The molecule has 2 saturated heterocycles. The molecular weight excluding hydrogens is 408 g/mol. The first kappa shape index (κ1) is 20.7. The highest BCUT2D eigenvalue weighted by molar-refractivity contribution is 8.00. The van der Waals surface area contributed by atoms with Crippen molar-refractivity contribution in [1.29, 1.82) is 0 Å². The van der Waals surface area contributed by atoms with E-state index in [0.29, 0.717) is 17.4 Å². The minimum atomic E-state index is -0.389. The molecule has 31 heavy (non-hydrogen) atoms. The molecule has 0 unspecified atom stereocenters. The van der Waals surface area contributed by atoms with E-state index in [1.807, 2.05) is 0 Å². The van der Waals surface area contributed by atoms with Crippen LogP contribution in [-0.2, 0) is 5.54 Å².